The average molecular weight is 370 g/mol. The summed E-state index contributed by atoms with van der Waals surface area (Å²) in [6.45, 7) is 8.02. The van der Waals surface area contributed by atoms with Crippen LogP contribution in [0.3, 0.4) is 0 Å². The normalized spacial score (nSPS) is 10.7. The van der Waals surface area contributed by atoms with Gasteiger partial charge < -0.3 is 10.1 Å². The third-order valence-corrected chi connectivity index (χ3v) is 5.07. The number of rotatable bonds is 6. The van der Waals surface area contributed by atoms with E-state index in [-0.39, 0.29) is 12.3 Å². The highest BCUT2D eigenvalue weighted by Crippen LogP contribution is 2.33. The molecule has 0 saturated heterocycles. The Bertz CT molecular complexity index is 747. The number of hydrogen-bond acceptors (Lipinski definition) is 5. The SMILES string of the molecule is CCOC(=O)c1c(NC(=O)CCn2cc(Cl)c(C)n2)sc(C)c1C. The van der Waals surface area contributed by atoms with Gasteiger partial charge in [-0.1, -0.05) is 11.6 Å². The Morgan fingerprint density at radius 1 is 1.38 bits per heavy atom. The highest BCUT2D eigenvalue weighted by molar-refractivity contribution is 7.16. The molecule has 2 aromatic heterocycles. The summed E-state index contributed by atoms with van der Waals surface area (Å²) in [6, 6.07) is 0. The third-order valence-electron chi connectivity index (χ3n) is 3.57. The van der Waals surface area contributed by atoms with Crippen LogP contribution in [-0.2, 0) is 16.1 Å². The number of nitrogens with one attached hydrogen (secondary N) is 1. The second-order valence-electron chi connectivity index (χ2n) is 5.33. The van der Waals surface area contributed by atoms with E-state index in [4.69, 9.17) is 16.3 Å². The first-order valence-corrected chi connectivity index (χ1v) is 8.79. The van der Waals surface area contributed by atoms with Gasteiger partial charge in [-0.2, -0.15) is 5.10 Å². The molecule has 2 aromatic rings. The van der Waals surface area contributed by atoms with Gasteiger partial charge in [-0.15, -0.1) is 11.3 Å². The van der Waals surface area contributed by atoms with Crippen LogP contribution in [0, 0.1) is 20.8 Å². The van der Waals surface area contributed by atoms with E-state index in [9.17, 15) is 9.59 Å². The molecule has 8 heteroatoms. The van der Waals surface area contributed by atoms with Gasteiger partial charge in [0.15, 0.2) is 0 Å². The van der Waals surface area contributed by atoms with Crippen molar-refractivity contribution in [3.05, 3.63) is 32.9 Å². The van der Waals surface area contributed by atoms with E-state index < -0.39 is 5.97 Å². The van der Waals surface area contributed by atoms with Gasteiger partial charge in [-0.3, -0.25) is 9.48 Å². The Kier molecular flexibility index (Phi) is 6.01. The van der Waals surface area contributed by atoms with Gasteiger partial charge in [-0.05, 0) is 33.3 Å². The molecule has 0 spiro atoms. The molecule has 0 fully saturated rings. The summed E-state index contributed by atoms with van der Waals surface area (Å²) in [7, 11) is 0. The second-order valence-corrected chi connectivity index (χ2v) is 6.96. The molecule has 6 nitrogen and oxygen atoms in total. The number of anilines is 1. The van der Waals surface area contributed by atoms with Crippen LogP contribution in [0.5, 0.6) is 0 Å². The maximum absolute atomic E-state index is 12.2. The van der Waals surface area contributed by atoms with Crippen molar-refractivity contribution in [1.82, 2.24) is 9.78 Å². The fourth-order valence-corrected chi connectivity index (χ4v) is 3.39. The van der Waals surface area contributed by atoms with Crippen molar-refractivity contribution in [2.75, 3.05) is 11.9 Å². The minimum atomic E-state index is -0.413. The highest BCUT2D eigenvalue weighted by atomic mass is 35.5. The Hall–Kier alpha value is -1.86. The van der Waals surface area contributed by atoms with E-state index in [0.29, 0.717) is 28.7 Å². The zero-order valence-corrected chi connectivity index (χ0v) is 15.7. The number of hydrogen-bond donors (Lipinski definition) is 1. The topological polar surface area (TPSA) is 73.2 Å². The first-order chi connectivity index (χ1) is 11.3. The van der Waals surface area contributed by atoms with Crippen molar-refractivity contribution in [2.45, 2.75) is 40.7 Å². The summed E-state index contributed by atoms with van der Waals surface area (Å²) in [5.41, 5.74) is 2.00. The molecular formula is C16H20ClN3O3S. The lowest BCUT2D eigenvalue weighted by Crippen LogP contribution is -2.16. The van der Waals surface area contributed by atoms with Crippen molar-refractivity contribution in [3.8, 4) is 0 Å². The molecule has 0 aliphatic carbocycles. The Balaban J connectivity index is 2.06. The van der Waals surface area contributed by atoms with E-state index in [1.807, 2.05) is 20.8 Å². The van der Waals surface area contributed by atoms with Crippen LogP contribution in [0.2, 0.25) is 5.02 Å². The van der Waals surface area contributed by atoms with Gasteiger partial charge in [0.2, 0.25) is 5.91 Å². The van der Waals surface area contributed by atoms with Crippen LogP contribution in [0.25, 0.3) is 0 Å². The average Bonchev–Trinajstić information content (AvgIpc) is 2.97. The van der Waals surface area contributed by atoms with Crippen LogP contribution in [-0.4, -0.2) is 28.3 Å². The minimum absolute atomic E-state index is 0.189. The summed E-state index contributed by atoms with van der Waals surface area (Å²) in [5, 5.41) is 8.12. The molecule has 1 amide bonds. The first kappa shape index (κ1) is 18.5. The second kappa shape index (κ2) is 7.81. The molecule has 0 aliphatic heterocycles. The van der Waals surface area contributed by atoms with Gasteiger partial charge in [0, 0.05) is 24.0 Å². The first-order valence-electron chi connectivity index (χ1n) is 7.60. The molecule has 0 saturated carbocycles. The molecule has 0 radical (unpaired) electrons. The molecule has 0 atom stereocenters. The molecule has 0 aliphatic rings. The Morgan fingerprint density at radius 3 is 2.67 bits per heavy atom. The predicted molar refractivity (Wildman–Crippen MR) is 95.0 cm³/mol. The number of thiophene rings is 1. The number of amides is 1. The number of aryl methyl sites for hydroxylation is 3. The quantitative estimate of drug-likeness (QED) is 0.787. The van der Waals surface area contributed by atoms with Crippen molar-refractivity contribution in [1.29, 1.82) is 0 Å². The molecule has 24 heavy (non-hydrogen) atoms. The van der Waals surface area contributed by atoms with Gasteiger partial charge in [0.1, 0.15) is 5.00 Å². The molecule has 0 unspecified atom stereocenters. The lowest BCUT2D eigenvalue weighted by Gasteiger charge is -2.07. The molecular weight excluding hydrogens is 350 g/mol. The van der Waals surface area contributed by atoms with Crippen LogP contribution in [0.4, 0.5) is 5.00 Å². The summed E-state index contributed by atoms with van der Waals surface area (Å²) < 4.78 is 6.71. The number of ether oxygens (including phenoxy) is 1. The number of aromatic nitrogens is 2. The smallest absolute Gasteiger partial charge is 0.341 e. The highest BCUT2D eigenvalue weighted by Gasteiger charge is 2.22. The van der Waals surface area contributed by atoms with Gasteiger partial charge in [-0.25, -0.2) is 4.79 Å². The molecule has 1 N–H and O–H groups in total. The standard InChI is InChI=1S/C16H20ClN3O3S/c1-5-23-16(22)14-9(2)11(4)24-15(14)18-13(21)6-7-20-8-12(17)10(3)19-20/h8H,5-7H2,1-4H3,(H,18,21). The number of esters is 1. The fraction of sp³-hybridized carbons (Fsp3) is 0.438. The van der Waals surface area contributed by atoms with E-state index in [1.54, 1.807) is 17.8 Å². The monoisotopic (exact) mass is 369 g/mol. The number of carbonyl (C=O) groups is 2. The zero-order chi connectivity index (χ0) is 17.9. The predicted octanol–water partition coefficient (Wildman–Crippen LogP) is 3.73. The van der Waals surface area contributed by atoms with Crippen LogP contribution in [0.1, 0.15) is 39.8 Å². The molecule has 130 valence electrons. The molecule has 0 aromatic carbocycles. The minimum Gasteiger partial charge on any atom is -0.462 e. The summed E-state index contributed by atoms with van der Waals surface area (Å²) in [4.78, 5) is 25.3. The van der Waals surface area contributed by atoms with E-state index in [2.05, 4.69) is 10.4 Å². The molecule has 2 rings (SSSR count). The van der Waals surface area contributed by atoms with Crippen molar-refractivity contribution in [3.63, 3.8) is 0 Å². The summed E-state index contributed by atoms with van der Waals surface area (Å²) in [5.74, 6) is -0.602. The van der Waals surface area contributed by atoms with Gasteiger partial charge in [0.05, 0.1) is 22.9 Å². The van der Waals surface area contributed by atoms with Crippen LogP contribution in [0.15, 0.2) is 6.20 Å². The Labute approximate surface area is 149 Å². The fourth-order valence-electron chi connectivity index (χ4n) is 2.18. The van der Waals surface area contributed by atoms with Gasteiger partial charge in [0.25, 0.3) is 0 Å². The lowest BCUT2D eigenvalue weighted by molar-refractivity contribution is -0.116. The number of nitrogens with zero attached hydrogens (tertiary/aromatic N) is 2. The molecule has 0 bridgehead atoms. The van der Waals surface area contributed by atoms with Crippen LogP contribution < -0.4 is 5.32 Å². The lowest BCUT2D eigenvalue weighted by atomic mass is 10.1. The van der Waals surface area contributed by atoms with E-state index in [1.165, 1.54) is 11.3 Å². The van der Waals surface area contributed by atoms with Crippen molar-refractivity contribution in [2.24, 2.45) is 0 Å². The van der Waals surface area contributed by atoms with Crippen molar-refractivity contribution >= 4 is 39.8 Å². The van der Waals surface area contributed by atoms with Crippen LogP contribution >= 0.6 is 22.9 Å². The maximum atomic E-state index is 12.2. The van der Waals surface area contributed by atoms with E-state index >= 15 is 0 Å². The summed E-state index contributed by atoms with van der Waals surface area (Å²) >= 11 is 7.32. The van der Waals surface area contributed by atoms with Gasteiger partial charge >= 0.3 is 5.97 Å². The molecule has 2 heterocycles. The largest absolute Gasteiger partial charge is 0.462 e. The summed E-state index contributed by atoms with van der Waals surface area (Å²) in [6.07, 6.45) is 1.92. The maximum Gasteiger partial charge on any atom is 0.341 e. The number of carbonyl (C=O) groups excluding carboxylic acids is 2. The number of halogens is 1. The van der Waals surface area contributed by atoms with E-state index in [0.717, 1.165) is 16.1 Å². The van der Waals surface area contributed by atoms with Crippen molar-refractivity contribution < 1.29 is 14.3 Å². The third kappa shape index (κ3) is 4.15. The Morgan fingerprint density at radius 2 is 2.08 bits per heavy atom. The zero-order valence-electron chi connectivity index (χ0n) is 14.1.